The highest BCUT2D eigenvalue weighted by Crippen LogP contribution is 2.27. The van der Waals surface area contributed by atoms with Gasteiger partial charge in [0.15, 0.2) is 5.82 Å². The van der Waals surface area contributed by atoms with E-state index in [9.17, 15) is 0 Å². The van der Waals surface area contributed by atoms with E-state index in [-0.39, 0.29) is 0 Å². The Bertz CT molecular complexity index is 1280. The molecule has 158 valence electrons. The molecule has 0 radical (unpaired) electrons. The number of aromatic amines is 1. The molecule has 5 aromatic rings. The Morgan fingerprint density at radius 2 is 1.94 bits per heavy atom. The monoisotopic (exact) mass is 422 g/mol. The number of H-pyrrole nitrogens is 1. The van der Waals surface area contributed by atoms with Crippen LogP contribution in [0.1, 0.15) is 5.56 Å². The van der Waals surface area contributed by atoms with Crippen LogP contribution in [0.2, 0.25) is 0 Å². The molecule has 0 aliphatic rings. The van der Waals surface area contributed by atoms with Crippen molar-refractivity contribution in [2.75, 3.05) is 19.0 Å². The lowest BCUT2D eigenvalue weighted by Gasteiger charge is -2.10. The maximum atomic E-state index is 5.45. The van der Waals surface area contributed by atoms with Crippen LogP contribution in [0.15, 0.2) is 79.4 Å². The van der Waals surface area contributed by atoms with E-state index in [1.807, 2.05) is 54.7 Å². The molecule has 2 N–H and O–H groups in total. The van der Waals surface area contributed by atoms with Gasteiger partial charge in [-0.2, -0.15) is 0 Å². The Morgan fingerprint density at radius 3 is 2.75 bits per heavy atom. The third kappa shape index (κ3) is 4.00. The van der Waals surface area contributed by atoms with E-state index in [2.05, 4.69) is 26.3 Å². The number of para-hydroxylation sites is 1. The summed E-state index contributed by atoms with van der Waals surface area (Å²) in [5.74, 6) is 2.17. The van der Waals surface area contributed by atoms with Crippen molar-refractivity contribution in [3.05, 3.63) is 84.9 Å². The van der Waals surface area contributed by atoms with Crippen LogP contribution in [-0.2, 0) is 6.42 Å². The van der Waals surface area contributed by atoms with Crippen molar-refractivity contribution in [2.45, 2.75) is 6.42 Å². The molecule has 0 spiro atoms. The summed E-state index contributed by atoms with van der Waals surface area (Å²) in [5.41, 5.74) is 4.69. The Kier molecular flexibility index (Phi) is 5.45. The summed E-state index contributed by atoms with van der Waals surface area (Å²) in [6.45, 7) is 0.718. The molecule has 0 saturated carbocycles. The summed E-state index contributed by atoms with van der Waals surface area (Å²) < 4.78 is 5.45. The highest BCUT2D eigenvalue weighted by atomic mass is 16.5. The number of fused-ring (bicyclic) bond motifs is 1. The van der Waals surface area contributed by atoms with E-state index in [1.54, 1.807) is 25.7 Å². The molecule has 0 aliphatic heterocycles. The molecule has 4 aromatic heterocycles. The third-order valence-electron chi connectivity index (χ3n) is 5.26. The van der Waals surface area contributed by atoms with Gasteiger partial charge in [-0.15, -0.1) is 0 Å². The van der Waals surface area contributed by atoms with E-state index < -0.39 is 0 Å². The predicted molar refractivity (Wildman–Crippen MR) is 126 cm³/mol. The van der Waals surface area contributed by atoms with Crippen LogP contribution in [0, 0.1) is 0 Å². The van der Waals surface area contributed by atoms with Crippen molar-refractivity contribution in [1.29, 1.82) is 0 Å². The fourth-order valence-corrected chi connectivity index (χ4v) is 3.70. The third-order valence-corrected chi connectivity index (χ3v) is 5.26. The van der Waals surface area contributed by atoms with Gasteiger partial charge in [-0.05, 0) is 42.3 Å². The minimum Gasteiger partial charge on any atom is -0.495 e. The lowest BCUT2D eigenvalue weighted by Crippen LogP contribution is -2.08. The van der Waals surface area contributed by atoms with Crippen LogP contribution in [-0.4, -0.2) is 38.6 Å². The second kappa shape index (κ2) is 8.85. The molecule has 0 bridgehead atoms. The van der Waals surface area contributed by atoms with Crippen molar-refractivity contribution in [3.8, 4) is 28.5 Å². The fourth-order valence-electron chi connectivity index (χ4n) is 3.70. The minimum absolute atomic E-state index is 0.575. The first-order chi connectivity index (χ1) is 15.8. The van der Waals surface area contributed by atoms with Gasteiger partial charge < -0.3 is 15.0 Å². The van der Waals surface area contributed by atoms with Crippen molar-refractivity contribution in [2.24, 2.45) is 0 Å². The van der Waals surface area contributed by atoms with Gasteiger partial charge in [0.25, 0.3) is 0 Å². The molecular formula is C25H22N6O. The van der Waals surface area contributed by atoms with Gasteiger partial charge in [0.1, 0.15) is 17.3 Å². The average molecular weight is 422 g/mol. The van der Waals surface area contributed by atoms with E-state index in [4.69, 9.17) is 14.7 Å². The van der Waals surface area contributed by atoms with Crippen LogP contribution in [0.4, 0.5) is 5.82 Å². The Labute approximate surface area is 185 Å². The molecule has 7 heteroatoms. The molecule has 5 rings (SSSR count). The summed E-state index contributed by atoms with van der Waals surface area (Å²) >= 11 is 0. The first-order valence-corrected chi connectivity index (χ1v) is 10.4. The molecular weight excluding hydrogens is 400 g/mol. The first-order valence-electron chi connectivity index (χ1n) is 10.4. The zero-order valence-electron chi connectivity index (χ0n) is 17.6. The van der Waals surface area contributed by atoms with Crippen molar-refractivity contribution < 1.29 is 4.74 Å². The van der Waals surface area contributed by atoms with Gasteiger partial charge in [0.2, 0.25) is 0 Å². The zero-order valence-corrected chi connectivity index (χ0v) is 17.6. The summed E-state index contributed by atoms with van der Waals surface area (Å²) in [5, 5.41) is 4.62. The van der Waals surface area contributed by atoms with Gasteiger partial charge >= 0.3 is 0 Å². The van der Waals surface area contributed by atoms with E-state index in [1.165, 1.54) is 10.9 Å². The number of rotatable bonds is 7. The summed E-state index contributed by atoms with van der Waals surface area (Å²) in [6.07, 6.45) is 8.16. The van der Waals surface area contributed by atoms with E-state index in [0.29, 0.717) is 5.82 Å². The van der Waals surface area contributed by atoms with Crippen LogP contribution in [0.3, 0.4) is 0 Å². The average Bonchev–Trinajstić information content (AvgIpc) is 3.28. The SMILES string of the molecule is COc1cccc2c(CCNc3cc(-c4cccnc4)nc(-c4ccccn4)n3)c[nH]c12. The van der Waals surface area contributed by atoms with Crippen LogP contribution in [0.5, 0.6) is 5.75 Å². The maximum absolute atomic E-state index is 5.45. The predicted octanol–water partition coefficient (Wildman–Crippen LogP) is 4.75. The van der Waals surface area contributed by atoms with E-state index >= 15 is 0 Å². The Balaban J connectivity index is 1.41. The summed E-state index contributed by atoms with van der Waals surface area (Å²) in [6, 6.07) is 17.6. The number of anilines is 1. The van der Waals surface area contributed by atoms with Crippen molar-refractivity contribution >= 4 is 16.7 Å². The van der Waals surface area contributed by atoms with E-state index in [0.717, 1.165) is 47.0 Å². The lowest BCUT2D eigenvalue weighted by molar-refractivity contribution is 0.419. The Hall–Kier alpha value is -4.26. The molecule has 0 atom stereocenters. The number of methoxy groups -OCH3 is 1. The molecule has 1 aromatic carbocycles. The van der Waals surface area contributed by atoms with Gasteiger partial charge in [-0.25, -0.2) is 9.97 Å². The van der Waals surface area contributed by atoms with Gasteiger partial charge in [-0.1, -0.05) is 18.2 Å². The lowest BCUT2D eigenvalue weighted by atomic mass is 10.1. The molecule has 0 aliphatic carbocycles. The number of ether oxygens (including phenoxy) is 1. The molecule has 0 saturated heterocycles. The number of nitrogens with zero attached hydrogens (tertiary/aromatic N) is 4. The normalized spacial score (nSPS) is 10.9. The standard InChI is InChI=1S/C25H22N6O/c1-32-22-9-4-7-19-17(16-29-24(19)22)10-13-28-23-14-21(18-6-5-11-26-15-18)30-25(31-23)20-8-2-3-12-27-20/h2-9,11-12,14-16,29H,10,13H2,1H3,(H,28,30,31). The quantitative estimate of drug-likeness (QED) is 0.394. The second-order valence-electron chi connectivity index (χ2n) is 7.29. The fraction of sp³-hybridized carbons (Fsp3) is 0.120. The molecule has 7 nitrogen and oxygen atoms in total. The van der Waals surface area contributed by atoms with Crippen molar-refractivity contribution in [3.63, 3.8) is 0 Å². The summed E-state index contributed by atoms with van der Waals surface area (Å²) in [4.78, 5) is 21.4. The number of benzene rings is 1. The van der Waals surface area contributed by atoms with Crippen LogP contribution >= 0.6 is 0 Å². The number of aromatic nitrogens is 5. The van der Waals surface area contributed by atoms with Gasteiger partial charge in [0, 0.05) is 48.3 Å². The number of nitrogens with one attached hydrogen (secondary N) is 2. The highest BCUT2D eigenvalue weighted by molar-refractivity contribution is 5.88. The number of hydrogen-bond acceptors (Lipinski definition) is 6. The minimum atomic E-state index is 0.575. The Morgan fingerprint density at radius 1 is 0.969 bits per heavy atom. The maximum Gasteiger partial charge on any atom is 0.180 e. The topological polar surface area (TPSA) is 88.6 Å². The molecule has 0 amide bonds. The zero-order chi connectivity index (χ0) is 21.8. The molecule has 4 heterocycles. The molecule has 32 heavy (non-hydrogen) atoms. The van der Waals surface area contributed by atoms with Crippen LogP contribution in [0.25, 0.3) is 33.7 Å². The van der Waals surface area contributed by atoms with Gasteiger partial charge in [0.05, 0.1) is 18.3 Å². The first kappa shape index (κ1) is 19.7. The van der Waals surface area contributed by atoms with Gasteiger partial charge in [-0.3, -0.25) is 9.97 Å². The molecule has 0 fully saturated rings. The van der Waals surface area contributed by atoms with Crippen molar-refractivity contribution in [1.82, 2.24) is 24.9 Å². The van der Waals surface area contributed by atoms with Crippen LogP contribution < -0.4 is 10.1 Å². The summed E-state index contributed by atoms with van der Waals surface area (Å²) in [7, 11) is 1.69. The number of hydrogen-bond donors (Lipinski definition) is 2. The number of pyridine rings is 2. The smallest absolute Gasteiger partial charge is 0.180 e. The molecule has 0 unspecified atom stereocenters. The highest BCUT2D eigenvalue weighted by Gasteiger charge is 2.11. The largest absolute Gasteiger partial charge is 0.495 e. The second-order valence-corrected chi connectivity index (χ2v) is 7.29.